The number of nitrogens with one attached hydrogen (secondary N) is 3. The molecule has 3 N–H and O–H groups in total. The number of carbonyl (C=O) groups excluding carboxylic acids is 4. The van der Waals surface area contributed by atoms with Gasteiger partial charge in [0.25, 0.3) is 0 Å². The van der Waals surface area contributed by atoms with Crippen LogP contribution in [0.2, 0.25) is 0 Å². The molecule has 15 nitrogen and oxygen atoms in total. The zero-order valence-electron chi connectivity index (χ0n) is 34.4. The zero-order valence-corrected chi connectivity index (χ0v) is 34.4. The molecule has 5 aliphatic heterocycles. The lowest BCUT2D eigenvalue weighted by molar-refractivity contribution is -0.137. The summed E-state index contributed by atoms with van der Waals surface area (Å²) in [6.07, 6.45) is 9.35. The summed E-state index contributed by atoms with van der Waals surface area (Å²) >= 11 is 0. The first-order valence-electron chi connectivity index (χ1n) is 21.3. The third kappa shape index (κ3) is 8.97. The number of likely N-dealkylation sites (tertiary alicyclic amines) is 2. The number of benzene rings is 2. The molecule has 4 atom stereocenters. The van der Waals surface area contributed by atoms with Crippen LogP contribution in [0.15, 0.2) is 65.9 Å². The fourth-order valence-corrected chi connectivity index (χ4v) is 9.48. The Bertz CT molecular complexity index is 2070. The largest absolute Gasteiger partial charge is 0.453 e. The van der Waals surface area contributed by atoms with Crippen molar-refractivity contribution < 1.29 is 38.1 Å². The topological polar surface area (TPSA) is 177 Å². The van der Waals surface area contributed by atoms with Crippen molar-refractivity contribution in [3.63, 3.8) is 0 Å². The van der Waals surface area contributed by atoms with Gasteiger partial charge in [0.1, 0.15) is 17.9 Å². The molecule has 4 amide bonds. The van der Waals surface area contributed by atoms with Crippen LogP contribution in [-0.4, -0.2) is 121 Å². The number of rotatable bonds is 11. The van der Waals surface area contributed by atoms with E-state index < -0.39 is 24.3 Å². The van der Waals surface area contributed by atoms with Crippen LogP contribution in [0.5, 0.6) is 0 Å². The fourth-order valence-electron chi connectivity index (χ4n) is 9.48. The Morgan fingerprint density at radius 2 is 1.17 bits per heavy atom. The number of hydrogen-bond donors (Lipinski definition) is 3. The fraction of sp³-hybridized carbons (Fsp3) is 0.511. The monoisotopic (exact) mass is 821 g/mol. The lowest BCUT2D eigenvalue weighted by Crippen LogP contribution is -2.55. The molecule has 0 bridgehead atoms. The van der Waals surface area contributed by atoms with Gasteiger partial charge < -0.3 is 44.4 Å². The summed E-state index contributed by atoms with van der Waals surface area (Å²) in [6, 6.07) is 15.1. The number of aromatic amines is 1. The molecule has 5 aliphatic rings. The molecule has 2 aromatic carbocycles. The van der Waals surface area contributed by atoms with Crippen LogP contribution in [0.25, 0.3) is 28.0 Å². The van der Waals surface area contributed by atoms with Crippen molar-refractivity contribution >= 4 is 35.3 Å². The minimum atomic E-state index is -0.682. The van der Waals surface area contributed by atoms with Gasteiger partial charge in [0.05, 0.1) is 38.2 Å². The predicted molar refractivity (Wildman–Crippen MR) is 224 cm³/mol. The molecule has 0 spiro atoms. The van der Waals surface area contributed by atoms with Gasteiger partial charge in [-0.1, -0.05) is 48.5 Å². The Labute approximate surface area is 350 Å². The summed E-state index contributed by atoms with van der Waals surface area (Å²) in [6.45, 7) is 3.49. The second kappa shape index (κ2) is 18.8. The average molecular weight is 822 g/mol. The van der Waals surface area contributed by atoms with E-state index in [9.17, 15) is 19.2 Å². The molecule has 8 rings (SSSR count). The number of nitrogens with zero attached hydrogens (tertiary/aromatic N) is 4. The van der Waals surface area contributed by atoms with Crippen molar-refractivity contribution in [2.45, 2.75) is 82.0 Å². The quantitative estimate of drug-likeness (QED) is 0.213. The highest BCUT2D eigenvalue weighted by atomic mass is 16.5. The summed E-state index contributed by atoms with van der Waals surface area (Å²) in [4.78, 5) is 69.3. The van der Waals surface area contributed by atoms with Crippen LogP contribution in [-0.2, 0) is 28.5 Å². The number of aliphatic imine (C=N–C) groups is 1. The number of hydrogen-bond acceptors (Lipinski definition) is 10. The maximum absolute atomic E-state index is 14.0. The van der Waals surface area contributed by atoms with Gasteiger partial charge in [-0.05, 0) is 91.0 Å². The van der Waals surface area contributed by atoms with Crippen molar-refractivity contribution in [3.8, 4) is 22.4 Å². The molecule has 6 heterocycles. The van der Waals surface area contributed by atoms with Crippen molar-refractivity contribution in [1.82, 2.24) is 30.4 Å². The van der Waals surface area contributed by atoms with E-state index in [1.807, 2.05) is 22.2 Å². The Morgan fingerprint density at radius 1 is 0.683 bits per heavy atom. The van der Waals surface area contributed by atoms with Crippen LogP contribution < -0.4 is 10.6 Å². The SMILES string of the molecule is COC(=O)NC(C(=O)N1CCCC1c1ncc(-c2ccc(-c3ccc(C4=CN=C([C@@H]5CCCN5C(=O)C(NC(=O)OC)C5CCOCC5)C4)cc3)cc2)[nH]1)C1CCOCC1. The maximum Gasteiger partial charge on any atom is 0.407 e. The summed E-state index contributed by atoms with van der Waals surface area (Å²) < 4.78 is 20.8. The van der Waals surface area contributed by atoms with Gasteiger partial charge in [0.15, 0.2) is 0 Å². The number of imidazole rings is 1. The van der Waals surface area contributed by atoms with E-state index in [4.69, 9.17) is 28.9 Å². The Balaban J connectivity index is 0.886. The molecule has 60 heavy (non-hydrogen) atoms. The van der Waals surface area contributed by atoms with E-state index >= 15 is 0 Å². The Kier molecular flexibility index (Phi) is 12.9. The molecule has 0 saturated carbocycles. The maximum atomic E-state index is 14.0. The lowest BCUT2D eigenvalue weighted by Gasteiger charge is -2.34. The van der Waals surface area contributed by atoms with Crippen molar-refractivity contribution in [3.05, 3.63) is 72.3 Å². The molecule has 4 saturated heterocycles. The van der Waals surface area contributed by atoms with Gasteiger partial charge in [-0.15, -0.1) is 0 Å². The number of amides is 4. The van der Waals surface area contributed by atoms with Crippen molar-refractivity contribution in [1.29, 1.82) is 0 Å². The van der Waals surface area contributed by atoms with Gasteiger partial charge in [0, 0.05) is 57.8 Å². The molecule has 318 valence electrons. The highest BCUT2D eigenvalue weighted by Gasteiger charge is 2.42. The molecule has 4 fully saturated rings. The van der Waals surface area contributed by atoms with Gasteiger partial charge in [-0.25, -0.2) is 14.6 Å². The van der Waals surface area contributed by atoms with E-state index in [0.717, 1.165) is 70.7 Å². The molecule has 3 unspecified atom stereocenters. The number of allylic oxidation sites excluding steroid dienone is 1. The molecule has 15 heteroatoms. The van der Waals surface area contributed by atoms with Gasteiger partial charge in [0.2, 0.25) is 11.8 Å². The Hall–Kier alpha value is -5.54. The molecular formula is C45H55N7O8. The summed E-state index contributed by atoms with van der Waals surface area (Å²) in [5.41, 5.74) is 7.18. The minimum absolute atomic E-state index is 0.00804. The normalized spacial score (nSPS) is 22.2. The lowest BCUT2D eigenvalue weighted by atomic mass is 9.90. The zero-order chi connectivity index (χ0) is 41.6. The molecule has 0 aliphatic carbocycles. The van der Waals surface area contributed by atoms with Crippen molar-refractivity contribution in [2.24, 2.45) is 16.8 Å². The van der Waals surface area contributed by atoms with E-state index in [-0.39, 0.29) is 35.7 Å². The van der Waals surface area contributed by atoms with Gasteiger partial charge >= 0.3 is 12.2 Å². The summed E-state index contributed by atoms with van der Waals surface area (Å²) in [7, 11) is 2.63. The third-order valence-electron chi connectivity index (χ3n) is 12.8. The van der Waals surface area contributed by atoms with Gasteiger partial charge in [-0.3, -0.25) is 14.6 Å². The Morgan fingerprint density at radius 3 is 1.70 bits per heavy atom. The average Bonchev–Trinajstić information content (AvgIpc) is 4.15. The van der Waals surface area contributed by atoms with Gasteiger partial charge in [-0.2, -0.15) is 0 Å². The first-order chi connectivity index (χ1) is 29.3. The number of methoxy groups -OCH3 is 2. The molecule has 0 radical (unpaired) electrons. The van der Waals surface area contributed by atoms with Crippen molar-refractivity contribution in [2.75, 3.05) is 53.7 Å². The first kappa shape index (κ1) is 41.2. The number of ether oxygens (including phenoxy) is 4. The van der Waals surface area contributed by atoms with Crippen LogP contribution in [0, 0.1) is 11.8 Å². The second-order valence-electron chi connectivity index (χ2n) is 16.3. The van der Waals surface area contributed by atoms with Crippen LogP contribution in [0.4, 0.5) is 9.59 Å². The summed E-state index contributed by atoms with van der Waals surface area (Å²) in [5.74, 6) is 0.509. The van der Waals surface area contributed by atoms with E-state index in [0.29, 0.717) is 71.6 Å². The van der Waals surface area contributed by atoms with E-state index in [2.05, 4.69) is 64.1 Å². The smallest absolute Gasteiger partial charge is 0.407 e. The van der Waals surface area contributed by atoms with Crippen LogP contribution in [0.1, 0.15) is 75.2 Å². The highest BCUT2D eigenvalue weighted by Crippen LogP contribution is 2.36. The number of H-pyrrole nitrogens is 1. The van der Waals surface area contributed by atoms with Crippen LogP contribution in [0.3, 0.4) is 0 Å². The standard InChI is InChI=1S/C45H55N7O8/c1-57-44(55)49-39(32-15-21-59-22-16-32)42(53)51-19-3-5-37(51)35-25-34(26-46-35)30-9-7-28(8-10-30)29-11-13-31(14-12-29)36-27-47-41(48-36)38-6-4-20-52(38)43(54)40(50-45(56)58-2)33-17-23-60-24-18-33/h7-14,26-27,32-33,37-40H,3-6,15-25H2,1-2H3,(H,47,48)(H,49,55)(H,50,56)/t37-,38?,39?,40?/m0/s1. The highest BCUT2D eigenvalue weighted by molar-refractivity contribution is 6.04. The third-order valence-corrected chi connectivity index (χ3v) is 12.8. The van der Waals surface area contributed by atoms with Crippen LogP contribution >= 0.6 is 0 Å². The molecular weight excluding hydrogens is 767 g/mol. The second-order valence-corrected chi connectivity index (χ2v) is 16.3. The van der Waals surface area contributed by atoms with E-state index in [1.165, 1.54) is 14.2 Å². The molecule has 1 aromatic heterocycles. The number of alkyl carbamates (subject to hydrolysis) is 2. The number of carbonyl (C=O) groups is 4. The molecule has 3 aromatic rings. The number of aromatic nitrogens is 2. The van der Waals surface area contributed by atoms with E-state index in [1.54, 1.807) is 0 Å². The summed E-state index contributed by atoms with van der Waals surface area (Å²) in [5, 5.41) is 5.64. The predicted octanol–water partition coefficient (Wildman–Crippen LogP) is 5.89. The minimum Gasteiger partial charge on any atom is -0.453 e. The first-order valence-corrected chi connectivity index (χ1v) is 21.3.